The summed E-state index contributed by atoms with van der Waals surface area (Å²) < 4.78 is 0. The second-order valence-electron chi connectivity index (χ2n) is 8.14. The Labute approximate surface area is 142 Å². The van der Waals surface area contributed by atoms with Gasteiger partial charge in [0.05, 0.1) is 5.60 Å². The largest absolute Gasteiger partial charge is 0.390 e. The first kappa shape index (κ1) is 17.0. The van der Waals surface area contributed by atoms with Gasteiger partial charge in [0, 0.05) is 0 Å². The highest BCUT2D eigenvalue weighted by atomic mass is 16.3. The Morgan fingerprint density at radius 1 is 0.826 bits per heavy atom. The van der Waals surface area contributed by atoms with Gasteiger partial charge in [0.2, 0.25) is 0 Å². The summed E-state index contributed by atoms with van der Waals surface area (Å²) in [5, 5.41) is 10.4. The molecule has 0 spiro atoms. The van der Waals surface area contributed by atoms with E-state index in [0.717, 1.165) is 43.9 Å². The summed E-state index contributed by atoms with van der Waals surface area (Å²) >= 11 is 0. The Hall–Kier alpha value is -0.820. The summed E-state index contributed by atoms with van der Waals surface area (Å²) in [4.78, 5) is 0. The monoisotopic (exact) mass is 314 g/mol. The molecule has 1 aromatic rings. The van der Waals surface area contributed by atoms with Crippen LogP contribution in [0.2, 0.25) is 0 Å². The van der Waals surface area contributed by atoms with E-state index in [-0.39, 0.29) is 5.60 Å². The third kappa shape index (κ3) is 3.99. The molecule has 0 unspecified atom stereocenters. The van der Waals surface area contributed by atoms with Gasteiger partial charge in [-0.15, -0.1) is 0 Å². The van der Waals surface area contributed by atoms with Gasteiger partial charge < -0.3 is 5.11 Å². The van der Waals surface area contributed by atoms with Crippen LogP contribution in [0.3, 0.4) is 0 Å². The van der Waals surface area contributed by atoms with Crippen LogP contribution in [-0.4, -0.2) is 10.7 Å². The van der Waals surface area contributed by atoms with Crippen molar-refractivity contribution in [2.24, 2.45) is 5.92 Å². The Morgan fingerprint density at radius 3 is 1.74 bits per heavy atom. The van der Waals surface area contributed by atoms with Crippen molar-refractivity contribution in [1.82, 2.24) is 0 Å². The molecule has 2 aliphatic rings. The summed E-state index contributed by atoms with van der Waals surface area (Å²) in [6.07, 6.45) is 12.1. The lowest BCUT2D eigenvalue weighted by molar-refractivity contribution is -0.00419. The minimum Gasteiger partial charge on any atom is -0.390 e. The lowest BCUT2D eigenvalue weighted by Gasteiger charge is -2.35. The first-order valence-corrected chi connectivity index (χ1v) is 9.95. The molecule has 2 saturated carbocycles. The van der Waals surface area contributed by atoms with Gasteiger partial charge in [-0.05, 0) is 86.7 Å². The maximum atomic E-state index is 10.4. The van der Waals surface area contributed by atoms with Crippen LogP contribution in [0.4, 0.5) is 0 Å². The summed E-state index contributed by atoms with van der Waals surface area (Å²) in [5.74, 6) is 2.43. The van der Waals surface area contributed by atoms with Crippen LogP contribution in [-0.2, 0) is 0 Å². The molecule has 23 heavy (non-hydrogen) atoms. The van der Waals surface area contributed by atoms with E-state index >= 15 is 0 Å². The third-order valence-corrected chi connectivity index (χ3v) is 6.88. The second kappa shape index (κ2) is 7.38. The van der Waals surface area contributed by atoms with Gasteiger partial charge in [-0.25, -0.2) is 0 Å². The minimum atomic E-state index is -0.381. The Bertz CT molecular complexity index is 473. The maximum Gasteiger partial charge on any atom is 0.0645 e. The molecule has 0 amide bonds. The van der Waals surface area contributed by atoms with E-state index in [0.29, 0.717) is 5.92 Å². The normalized spacial score (nSPS) is 35.2. The van der Waals surface area contributed by atoms with Crippen molar-refractivity contribution < 1.29 is 5.11 Å². The van der Waals surface area contributed by atoms with Crippen molar-refractivity contribution in [3.05, 3.63) is 35.4 Å². The number of hydrogen-bond donors (Lipinski definition) is 1. The van der Waals surface area contributed by atoms with Crippen LogP contribution in [0.5, 0.6) is 0 Å². The van der Waals surface area contributed by atoms with Gasteiger partial charge in [-0.2, -0.15) is 0 Å². The molecular formula is C22H34O. The quantitative estimate of drug-likeness (QED) is 0.704. The van der Waals surface area contributed by atoms with E-state index < -0.39 is 0 Å². The lowest BCUT2D eigenvalue weighted by atomic mass is 9.74. The Kier molecular flexibility index (Phi) is 5.46. The minimum absolute atomic E-state index is 0.381. The van der Waals surface area contributed by atoms with Gasteiger partial charge >= 0.3 is 0 Å². The van der Waals surface area contributed by atoms with Crippen molar-refractivity contribution in [3.63, 3.8) is 0 Å². The number of hydrogen-bond acceptors (Lipinski definition) is 1. The number of benzene rings is 1. The van der Waals surface area contributed by atoms with E-state index in [1.54, 1.807) is 5.56 Å². The average Bonchev–Trinajstić information content (AvgIpc) is 2.63. The average molecular weight is 315 g/mol. The third-order valence-electron chi connectivity index (χ3n) is 6.88. The molecule has 1 nitrogen and oxygen atoms in total. The van der Waals surface area contributed by atoms with E-state index in [2.05, 4.69) is 38.1 Å². The molecule has 128 valence electrons. The van der Waals surface area contributed by atoms with Gasteiger partial charge in [-0.1, -0.05) is 44.5 Å². The fourth-order valence-electron chi connectivity index (χ4n) is 4.79. The highest BCUT2D eigenvalue weighted by Crippen LogP contribution is 2.41. The topological polar surface area (TPSA) is 20.2 Å². The zero-order chi connectivity index (χ0) is 16.3. The standard InChI is InChI=1S/C22H34O/c1-3-17-5-7-18(8-6-17)19-9-11-20(12-10-19)21-13-15-22(23,4-2)16-14-21/h9-12,17-18,21,23H,3-8,13-16H2,1-2H3. The van der Waals surface area contributed by atoms with E-state index in [1.807, 2.05) is 0 Å². The molecule has 0 heterocycles. The first-order chi connectivity index (χ1) is 11.1. The predicted molar refractivity (Wildman–Crippen MR) is 97.9 cm³/mol. The van der Waals surface area contributed by atoms with Crippen LogP contribution >= 0.6 is 0 Å². The molecule has 0 aromatic heterocycles. The van der Waals surface area contributed by atoms with Crippen LogP contribution in [0, 0.1) is 5.92 Å². The number of aliphatic hydroxyl groups is 1. The molecule has 2 fully saturated rings. The Balaban J connectivity index is 1.58. The molecule has 0 saturated heterocycles. The highest BCUT2D eigenvalue weighted by Gasteiger charge is 2.32. The second-order valence-corrected chi connectivity index (χ2v) is 8.14. The highest BCUT2D eigenvalue weighted by molar-refractivity contribution is 5.28. The van der Waals surface area contributed by atoms with E-state index in [9.17, 15) is 5.11 Å². The molecule has 0 radical (unpaired) electrons. The molecule has 0 atom stereocenters. The molecule has 1 N–H and O–H groups in total. The van der Waals surface area contributed by atoms with Crippen LogP contribution in [0.25, 0.3) is 0 Å². The van der Waals surface area contributed by atoms with Crippen LogP contribution < -0.4 is 0 Å². The molecule has 3 rings (SSSR count). The fourth-order valence-corrected chi connectivity index (χ4v) is 4.79. The van der Waals surface area contributed by atoms with Crippen molar-refractivity contribution in [2.45, 2.75) is 95.5 Å². The molecule has 1 aromatic carbocycles. The number of rotatable bonds is 4. The summed E-state index contributed by atoms with van der Waals surface area (Å²) in [5.41, 5.74) is 2.67. The maximum absolute atomic E-state index is 10.4. The summed E-state index contributed by atoms with van der Waals surface area (Å²) in [6.45, 7) is 4.45. The molecular weight excluding hydrogens is 280 g/mol. The van der Waals surface area contributed by atoms with Crippen LogP contribution in [0.15, 0.2) is 24.3 Å². The summed E-state index contributed by atoms with van der Waals surface area (Å²) in [7, 11) is 0. The molecule has 0 bridgehead atoms. The molecule has 1 heteroatoms. The smallest absolute Gasteiger partial charge is 0.0645 e. The van der Waals surface area contributed by atoms with Gasteiger partial charge in [-0.3, -0.25) is 0 Å². The predicted octanol–water partition coefficient (Wildman–Crippen LogP) is 6.17. The van der Waals surface area contributed by atoms with Gasteiger partial charge in [0.1, 0.15) is 0 Å². The molecule has 2 aliphatic carbocycles. The zero-order valence-electron chi connectivity index (χ0n) is 15.1. The lowest BCUT2D eigenvalue weighted by Crippen LogP contribution is -2.32. The van der Waals surface area contributed by atoms with E-state index in [1.165, 1.54) is 37.7 Å². The van der Waals surface area contributed by atoms with Crippen molar-refractivity contribution in [2.75, 3.05) is 0 Å². The van der Waals surface area contributed by atoms with E-state index in [4.69, 9.17) is 0 Å². The van der Waals surface area contributed by atoms with Crippen molar-refractivity contribution in [3.8, 4) is 0 Å². The molecule has 0 aliphatic heterocycles. The van der Waals surface area contributed by atoms with Crippen molar-refractivity contribution >= 4 is 0 Å². The van der Waals surface area contributed by atoms with Gasteiger partial charge in [0.15, 0.2) is 0 Å². The first-order valence-electron chi connectivity index (χ1n) is 9.95. The SMILES string of the molecule is CCC1CCC(c2ccc(C3CCC(O)(CC)CC3)cc2)CC1. The van der Waals surface area contributed by atoms with Gasteiger partial charge in [0.25, 0.3) is 0 Å². The van der Waals surface area contributed by atoms with Crippen molar-refractivity contribution in [1.29, 1.82) is 0 Å². The Morgan fingerprint density at radius 2 is 1.30 bits per heavy atom. The zero-order valence-corrected chi connectivity index (χ0v) is 15.1. The summed E-state index contributed by atoms with van der Waals surface area (Å²) in [6, 6.07) is 9.55. The fraction of sp³-hybridized carbons (Fsp3) is 0.727. The van der Waals surface area contributed by atoms with Crippen LogP contribution in [0.1, 0.15) is 101 Å².